The summed E-state index contributed by atoms with van der Waals surface area (Å²) in [5.74, 6) is -1.14. The highest BCUT2D eigenvalue weighted by Crippen LogP contribution is 2.40. The maximum absolute atomic E-state index is 14.2. The van der Waals surface area contributed by atoms with E-state index in [1.54, 1.807) is 6.07 Å². The number of fused-ring (bicyclic) bond motifs is 1. The minimum atomic E-state index is -0.900. The largest absolute Gasteiger partial charge is 0.492 e. The fourth-order valence-corrected chi connectivity index (χ4v) is 5.34. The van der Waals surface area contributed by atoms with Crippen molar-refractivity contribution in [2.24, 2.45) is 0 Å². The first-order chi connectivity index (χ1) is 15.5. The first-order valence-electron chi connectivity index (χ1n) is 10.6. The number of aromatic hydroxyl groups is 1. The van der Waals surface area contributed by atoms with Crippen molar-refractivity contribution in [1.82, 2.24) is 19.5 Å². The molecule has 0 radical (unpaired) electrons. The fourth-order valence-electron chi connectivity index (χ4n) is 4.21. The summed E-state index contributed by atoms with van der Waals surface area (Å²) in [6, 6.07) is 13.7. The van der Waals surface area contributed by atoms with Gasteiger partial charge in [0.05, 0.1) is 10.9 Å². The van der Waals surface area contributed by atoms with E-state index >= 15 is 0 Å². The van der Waals surface area contributed by atoms with Gasteiger partial charge in [-0.05, 0) is 29.8 Å². The lowest BCUT2D eigenvalue weighted by atomic mass is 10.0. The quantitative estimate of drug-likeness (QED) is 0.488. The van der Waals surface area contributed by atoms with Crippen LogP contribution in [0.25, 0.3) is 4.96 Å². The summed E-state index contributed by atoms with van der Waals surface area (Å²) in [6.45, 7) is 4.92. The van der Waals surface area contributed by atoms with Gasteiger partial charge in [-0.25, -0.2) is 13.8 Å². The summed E-state index contributed by atoms with van der Waals surface area (Å²) in [4.78, 5) is 10.2. The molecule has 1 aliphatic heterocycles. The van der Waals surface area contributed by atoms with Gasteiger partial charge in [0.1, 0.15) is 0 Å². The molecule has 0 bridgehead atoms. The lowest BCUT2D eigenvalue weighted by Crippen LogP contribution is -2.47. The third kappa shape index (κ3) is 3.71. The van der Waals surface area contributed by atoms with Crippen LogP contribution in [0.4, 0.5) is 14.5 Å². The summed E-state index contributed by atoms with van der Waals surface area (Å²) < 4.78 is 29.3. The Balaban J connectivity index is 1.50. The molecular weight excluding hydrogens is 432 g/mol. The predicted octanol–water partition coefficient (Wildman–Crippen LogP) is 4.25. The number of anilines is 1. The van der Waals surface area contributed by atoms with E-state index in [1.807, 2.05) is 25.1 Å². The summed E-state index contributed by atoms with van der Waals surface area (Å²) in [7, 11) is 0. The molecule has 2 aromatic carbocycles. The smallest absolute Gasteiger partial charge is 0.230 e. The zero-order chi connectivity index (χ0) is 22.2. The van der Waals surface area contributed by atoms with Crippen molar-refractivity contribution in [2.45, 2.75) is 19.4 Å². The Bertz CT molecular complexity index is 1230. The molecule has 1 fully saturated rings. The van der Waals surface area contributed by atoms with Crippen LogP contribution in [0.3, 0.4) is 0 Å². The van der Waals surface area contributed by atoms with Gasteiger partial charge in [-0.1, -0.05) is 42.5 Å². The molecule has 1 aliphatic rings. The van der Waals surface area contributed by atoms with Crippen LogP contribution in [-0.2, 0) is 6.42 Å². The van der Waals surface area contributed by atoms with Gasteiger partial charge in [-0.2, -0.15) is 4.52 Å². The van der Waals surface area contributed by atoms with Gasteiger partial charge in [0.2, 0.25) is 10.8 Å². The molecule has 0 unspecified atom stereocenters. The number of thiazole rings is 1. The molecule has 1 saturated heterocycles. The molecule has 4 aromatic rings. The Kier molecular flexibility index (Phi) is 5.52. The monoisotopic (exact) mass is 455 g/mol. The Labute approximate surface area is 188 Å². The highest BCUT2D eigenvalue weighted by molar-refractivity contribution is 7.17. The van der Waals surface area contributed by atoms with Crippen LogP contribution in [0, 0.1) is 11.6 Å². The summed E-state index contributed by atoms with van der Waals surface area (Å²) in [6.07, 6.45) is 0.664. The lowest BCUT2D eigenvalue weighted by molar-refractivity contribution is 0.210. The van der Waals surface area contributed by atoms with E-state index in [-0.39, 0.29) is 5.88 Å². The van der Waals surface area contributed by atoms with E-state index in [2.05, 4.69) is 32.0 Å². The second kappa shape index (κ2) is 8.48. The number of halogens is 2. The molecule has 0 spiro atoms. The van der Waals surface area contributed by atoms with Gasteiger partial charge < -0.3 is 10.0 Å². The van der Waals surface area contributed by atoms with Gasteiger partial charge in [0, 0.05) is 38.3 Å². The van der Waals surface area contributed by atoms with Gasteiger partial charge in [0.15, 0.2) is 17.5 Å². The molecule has 0 saturated carbocycles. The predicted molar refractivity (Wildman–Crippen MR) is 120 cm³/mol. The molecule has 5 rings (SSSR count). The maximum atomic E-state index is 14.2. The zero-order valence-electron chi connectivity index (χ0n) is 17.6. The van der Waals surface area contributed by atoms with E-state index in [1.165, 1.54) is 21.9 Å². The molecule has 32 heavy (non-hydrogen) atoms. The van der Waals surface area contributed by atoms with Gasteiger partial charge in [-0.15, -0.1) is 5.10 Å². The highest BCUT2D eigenvalue weighted by Gasteiger charge is 2.32. The second-order valence-corrected chi connectivity index (χ2v) is 8.81. The second-order valence-electron chi connectivity index (χ2n) is 7.80. The van der Waals surface area contributed by atoms with Crippen LogP contribution in [0.1, 0.15) is 29.2 Å². The molecule has 1 N–H and O–H groups in total. The third-order valence-corrected chi connectivity index (χ3v) is 6.94. The number of benzene rings is 2. The van der Waals surface area contributed by atoms with Crippen molar-refractivity contribution in [2.75, 3.05) is 31.1 Å². The van der Waals surface area contributed by atoms with Crippen LogP contribution < -0.4 is 4.90 Å². The molecular formula is C23H23F2N5OS. The average molecular weight is 456 g/mol. The van der Waals surface area contributed by atoms with Crippen molar-refractivity contribution < 1.29 is 13.9 Å². The highest BCUT2D eigenvalue weighted by atomic mass is 32.1. The molecule has 1 atom stereocenters. The van der Waals surface area contributed by atoms with Gasteiger partial charge >= 0.3 is 0 Å². The number of piperazine rings is 1. The van der Waals surface area contributed by atoms with E-state index in [0.29, 0.717) is 40.7 Å². The zero-order valence-corrected chi connectivity index (χ0v) is 18.4. The van der Waals surface area contributed by atoms with E-state index in [0.717, 1.165) is 24.8 Å². The normalized spacial score (nSPS) is 16.0. The first-order valence-corrected chi connectivity index (χ1v) is 11.4. The molecule has 0 aliphatic carbocycles. The van der Waals surface area contributed by atoms with Crippen LogP contribution in [0.15, 0.2) is 48.5 Å². The minimum Gasteiger partial charge on any atom is -0.492 e. The van der Waals surface area contributed by atoms with Crippen LogP contribution in [0.5, 0.6) is 5.88 Å². The summed E-state index contributed by atoms with van der Waals surface area (Å²) >= 11 is 1.33. The number of aryl methyl sites for hydroxylation is 1. The van der Waals surface area contributed by atoms with Crippen LogP contribution in [-0.4, -0.2) is 50.8 Å². The Morgan fingerprint density at radius 1 is 1.03 bits per heavy atom. The number of hydrogen-bond donors (Lipinski definition) is 1. The number of rotatable bonds is 5. The minimum absolute atomic E-state index is 0.00239. The van der Waals surface area contributed by atoms with Crippen molar-refractivity contribution in [3.63, 3.8) is 0 Å². The van der Waals surface area contributed by atoms with E-state index in [4.69, 9.17) is 0 Å². The molecule has 6 nitrogen and oxygen atoms in total. The Hall–Kier alpha value is -3.04. The van der Waals surface area contributed by atoms with Crippen LogP contribution in [0.2, 0.25) is 0 Å². The molecule has 166 valence electrons. The molecule has 0 amide bonds. The van der Waals surface area contributed by atoms with Gasteiger partial charge in [-0.3, -0.25) is 4.90 Å². The molecule has 2 aromatic heterocycles. The number of hydrogen-bond acceptors (Lipinski definition) is 6. The fraction of sp³-hybridized carbons (Fsp3) is 0.304. The van der Waals surface area contributed by atoms with Crippen molar-refractivity contribution in [3.8, 4) is 5.88 Å². The van der Waals surface area contributed by atoms with Crippen molar-refractivity contribution in [1.29, 1.82) is 0 Å². The van der Waals surface area contributed by atoms with Gasteiger partial charge in [0.25, 0.3) is 0 Å². The third-order valence-electron chi connectivity index (χ3n) is 5.87. The summed E-state index contributed by atoms with van der Waals surface area (Å²) in [5, 5.41) is 15.3. The molecule has 3 heterocycles. The first kappa shape index (κ1) is 20.8. The maximum Gasteiger partial charge on any atom is 0.230 e. The topological polar surface area (TPSA) is 56.9 Å². The Morgan fingerprint density at radius 3 is 2.44 bits per heavy atom. The van der Waals surface area contributed by atoms with E-state index < -0.39 is 17.7 Å². The SMILES string of the molecule is CCc1nc2sc([C@H](c3ccc(F)c(F)c3)N3CCN(c4ccccc4)CC3)c(O)n2n1. The van der Waals surface area contributed by atoms with Crippen molar-refractivity contribution >= 4 is 22.0 Å². The number of aromatic nitrogens is 3. The summed E-state index contributed by atoms with van der Waals surface area (Å²) in [5.41, 5.74) is 1.75. The van der Waals surface area contributed by atoms with Crippen molar-refractivity contribution in [3.05, 3.63) is 76.4 Å². The molecule has 9 heteroatoms. The average Bonchev–Trinajstić information content (AvgIpc) is 3.36. The number of nitrogens with zero attached hydrogens (tertiary/aromatic N) is 5. The number of para-hydroxylation sites is 1. The Morgan fingerprint density at radius 2 is 1.78 bits per heavy atom. The van der Waals surface area contributed by atoms with Crippen LogP contribution >= 0.6 is 11.3 Å². The van der Waals surface area contributed by atoms with E-state index in [9.17, 15) is 13.9 Å². The standard InChI is InChI=1S/C23H23F2N5OS/c1-2-19-26-23-30(27-19)22(31)21(32-23)20(15-8-9-17(24)18(25)14-15)29-12-10-28(11-13-29)16-6-4-3-5-7-16/h3-9,14,20,31H,2,10-13H2,1H3/t20-/m0/s1. The lowest BCUT2D eigenvalue weighted by Gasteiger charge is -2.40.